The molecule has 3 rings (SSSR count). The number of nitro benzene ring substituents is 1. The van der Waals surface area contributed by atoms with Crippen molar-refractivity contribution in [1.82, 2.24) is 0 Å². The minimum Gasteiger partial charge on any atom is -0.378 e. The van der Waals surface area contributed by atoms with Crippen molar-refractivity contribution in [2.24, 2.45) is 0 Å². The van der Waals surface area contributed by atoms with Gasteiger partial charge in [0.05, 0.1) is 45.7 Å². The summed E-state index contributed by atoms with van der Waals surface area (Å²) in [7, 11) is 0. The Labute approximate surface area is 168 Å². The number of hydrogen-bond acceptors (Lipinski definition) is 5. The van der Waals surface area contributed by atoms with Crippen molar-refractivity contribution in [3.8, 4) is 0 Å². The first kappa shape index (κ1) is 20.9. The van der Waals surface area contributed by atoms with Crippen LogP contribution in [0.25, 0.3) is 0 Å². The Morgan fingerprint density at radius 3 is 2.48 bits per heavy atom. The van der Waals surface area contributed by atoms with Crippen molar-refractivity contribution in [1.29, 1.82) is 0 Å². The summed E-state index contributed by atoms with van der Waals surface area (Å²) in [5, 5.41) is 13.4. The van der Waals surface area contributed by atoms with E-state index in [1.807, 2.05) is 4.90 Å². The van der Waals surface area contributed by atoms with Crippen LogP contribution in [0.2, 0.25) is 5.02 Å². The van der Waals surface area contributed by atoms with Gasteiger partial charge >= 0.3 is 6.18 Å². The zero-order valence-corrected chi connectivity index (χ0v) is 15.6. The lowest BCUT2D eigenvalue weighted by Crippen LogP contribution is -2.37. The van der Waals surface area contributed by atoms with Crippen molar-refractivity contribution >= 4 is 34.6 Å². The number of nitrogens with one attached hydrogen (secondary N) is 1. The van der Waals surface area contributed by atoms with E-state index in [1.54, 1.807) is 0 Å². The van der Waals surface area contributed by atoms with E-state index in [9.17, 15) is 28.1 Å². The van der Waals surface area contributed by atoms with Gasteiger partial charge in [-0.1, -0.05) is 11.6 Å². The zero-order valence-electron chi connectivity index (χ0n) is 14.8. The molecule has 0 radical (unpaired) electrons. The summed E-state index contributed by atoms with van der Waals surface area (Å²) in [5.74, 6) is -0.809. The highest BCUT2D eigenvalue weighted by Crippen LogP contribution is 2.34. The highest BCUT2D eigenvalue weighted by atomic mass is 35.5. The van der Waals surface area contributed by atoms with Crippen LogP contribution in [0.4, 0.5) is 30.2 Å². The topological polar surface area (TPSA) is 84.7 Å². The summed E-state index contributed by atoms with van der Waals surface area (Å²) in [6.45, 7) is 1.75. The Hall–Kier alpha value is -2.85. The van der Waals surface area contributed by atoms with Crippen molar-refractivity contribution in [2.45, 2.75) is 6.18 Å². The van der Waals surface area contributed by atoms with Gasteiger partial charge in [0.25, 0.3) is 11.6 Å². The average molecular weight is 430 g/mol. The Morgan fingerprint density at radius 1 is 1.17 bits per heavy atom. The third-order valence-corrected chi connectivity index (χ3v) is 4.66. The highest BCUT2D eigenvalue weighted by molar-refractivity contribution is 6.34. The minimum absolute atomic E-state index is 0.0467. The lowest BCUT2D eigenvalue weighted by atomic mass is 10.1. The van der Waals surface area contributed by atoms with Gasteiger partial charge < -0.3 is 15.0 Å². The molecule has 0 aromatic heterocycles. The summed E-state index contributed by atoms with van der Waals surface area (Å²) in [6.07, 6.45) is -4.62. The molecule has 0 spiro atoms. The number of morpholine rings is 1. The van der Waals surface area contributed by atoms with Gasteiger partial charge in [-0.25, -0.2) is 0 Å². The minimum atomic E-state index is -4.62. The second-order valence-corrected chi connectivity index (χ2v) is 6.61. The molecule has 0 bridgehead atoms. The molecule has 0 unspecified atom stereocenters. The number of carbonyl (C=O) groups is 1. The number of nitrogens with zero attached hydrogens (tertiary/aromatic N) is 2. The fourth-order valence-corrected chi connectivity index (χ4v) is 3.05. The number of non-ortho nitro benzene ring substituents is 1. The largest absolute Gasteiger partial charge is 0.416 e. The first-order valence-corrected chi connectivity index (χ1v) is 8.84. The fraction of sp³-hybridized carbons (Fsp3) is 0.278. The predicted molar refractivity (Wildman–Crippen MR) is 101 cm³/mol. The van der Waals surface area contributed by atoms with Crippen LogP contribution in [-0.4, -0.2) is 37.1 Å². The molecule has 1 saturated heterocycles. The van der Waals surface area contributed by atoms with Crippen LogP contribution < -0.4 is 10.2 Å². The number of alkyl halides is 3. The van der Waals surface area contributed by atoms with Crippen LogP contribution in [0.5, 0.6) is 0 Å². The monoisotopic (exact) mass is 429 g/mol. The van der Waals surface area contributed by atoms with E-state index in [0.29, 0.717) is 38.1 Å². The molecular formula is C18H15ClF3N3O4. The number of amides is 1. The fourth-order valence-electron chi connectivity index (χ4n) is 2.89. The maximum atomic E-state index is 13.0. The number of anilines is 2. The molecule has 2 aromatic rings. The van der Waals surface area contributed by atoms with Crippen LogP contribution in [0.3, 0.4) is 0 Å². The van der Waals surface area contributed by atoms with Crippen molar-refractivity contribution < 1.29 is 27.6 Å². The smallest absolute Gasteiger partial charge is 0.378 e. The number of ether oxygens (including phenoxy) is 1. The van der Waals surface area contributed by atoms with E-state index < -0.39 is 22.6 Å². The third kappa shape index (κ3) is 4.77. The molecule has 11 heteroatoms. The molecule has 1 aliphatic rings. The number of nitro groups is 1. The SMILES string of the molecule is O=C(Nc1cc(C(F)(F)F)ccc1Cl)c1cc([N+](=O)[O-])ccc1N1CCOCC1. The Kier molecular flexibility index (Phi) is 5.94. The van der Waals surface area contributed by atoms with Crippen LogP contribution >= 0.6 is 11.6 Å². The number of rotatable bonds is 4. The van der Waals surface area contributed by atoms with Gasteiger partial charge in [-0.15, -0.1) is 0 Å². The Balaban J connectivity index is 1.97. The molecule has 1 fully saturated rings. The normalized spacial score (nSPS) is 14.6. The van der Waals surface area contributed by atoms with E-state index in [1.165, 1.54) is 12.1 Å². The van der Waals surface area contributed by atoms with Crippen molar-refractivity contribution in [2.75, 3.05) is 36.5 Å². The van der Waals surface area contributed by atoms with E-state index in [4.69, 9.17) is 16.3 Å². The lowest BCUT2D eigenvalue weighted by Gasteiger charge is -2.30. The molecular weight excluding hydrogens is 415 g/mol. The molecule has 2 aromatic carbocycles. The maximum absolute atomic E-state index is 13.0. The molecule has 0 aliphatic carbocycles. The number of benzene rings is 2. The highest BCUT2D eigenvalue weighted by Gasteiger charge is 2.31. The van der Waals surface area contributed by atoms with Crippen LogP contribution in [0.1, 0.15) is 15.9 Å². The second kappa shape index (κ2) is 8.26. The average Bonchev–Trinajstić information content (AvgIpc) is 2.69. The molecule has 154 valence electrons. The van der Waals surface area contributed by atoms with Gasteiger partial charge in [0.2, 0.25) is 0 Å². The van der Waals surface area contributed by atoms with Gasteiger partial charge in [0, 0.05) is 25.2 Å². The number of carbonyl (C=O) groups excluding carboxylic acids is 1. The molecule has 29 heavy (non-hydrogen) atoms. The summed E-state index contributed by atoms with van der Waals surface area (Å²) in [5.41, 5.74) is -1.17. The summed E-state index contributed by atoms with van der Waals surface area (Å²) in [6, 6.07) is 6.32. The maximum Gasteiger partial charge on any atom is 0.416 e. The first-order chi connectivity index (χ1) is 13.7. The summed E-state index contributed by atoms with van der Waals surface area (Å²) < 4.78 is 44.1. The van der Waals surface area contributed by atoms with Gasteiger partial charge in [-0.2, -0.15) is 13.2 Å². The quantitative estimate of drug-likeness (QED) is 0.576. The van der Waals surface area contributed by atoms with E-state index in [2.05, 4.69) is 5.32 Å². The summed E-state index contributed by atoms with van der Waals surface area (Å²) >= 11 is 5.93. The van der Waals surface area contributed by atoms with Gasteiger partial charge in [0.15, 0.2) is 0 Å². The predicted octanol–water partition coefficient (Wildman–Crippen LogP) is 4.36. The molecule has 1 N–H and O–H groups in total. The first-order valence-electron chi connectivity index (χ1n) is 8.46. The molecule has 7 nitrogen and oxygen atoms in total. The van der Waals surface area contributed by atoms with Gasteiger partial charge in [0.1, 0.15) is 0 Å². The van der Waals surface area contributed by atoms with Gasteiger partial charge in [-0.3, -0.25) is 14.9 Å². The van der Waals surface area contributed by atoms with Crippen LogP contribution in [-0.2, 0) is 10.9 Å². The second-order valence-electron chi connectivity index (χ2n) is 6.20. The molecule has 0 atom stereocenters. The molecule has 1 amide bonds. The van der Waals surface area contributed by atoms with Gasteiger partial charge in [-0.05, 0) is 24.3 Å². The standard InChI is InChI=1S/C18H15ClF3N3O4/c19-14-3-1-11(18(20,21)22)9-15(14)23-17(26)13-10-12(25(27)28)2-4-16(13)24-5-7-29-8-6-24/h1-4,9-10H,5-8H2,(H,23,26). The van der Waals surface area contributed by atoms with Crippen LogP contribution in [0, 0.1) is 10.1 Å². The molecule has 1 heterocycles. The molecule has 0 saturated carbocycles. The van der Waals surface area contributed by atoms with Crippen LogP contribution in [0.15, 0.2) is 36.4 Å². The molecule has 1 aliphatic heterocycles. The van der Waals surface area contributed by atoms with Crippen molar-refractivity contribution in [3.05, 3.63) is 62.7 Å². The summed E-state index contributed by atoms with van der Waals surface area (Å²) in [4.78, 5) is 25.1. The third-order valence-electron chi connectivity index (χ3n) is 4.33. The zero-order chi connectivity index (χ0) is 21.2. The number of hydrogen-bond donors (Lipinski definition) is 1. The lowest BCUT2D eigenvalue weighted by molar-refractivity contribution is -0.384. The Morgan fingerprint density at radius 2 is 1.86 bits per heavy atom. The van der Waals surface area contributed by atoms with E-state index in [0.717, 1.165) is 18.2 Å². The van der Waals surface area contributed by atoms with Crippen molar-refractivity contribution in [3.63, 3.8) is 0 Å². The number of halogens is 4. The van der Waals surface area contributed by atoms with E-state index in [-0.39, 0.29) is 22.0 Å². The van der Waals surface area contributed by atoms with E-state index >= 15 is 0 Å². The Bertz CT molecular complexity index is 946.